The van der Waals surface area contributed by atoms with E-state index in [2.05, 4.69) is 60.1 Å². The minimum absolute atomic E-state index is 0.680. The van der Waals surface area contributed by atoms with E-state index in [0.717, 1.165) is 32.0 Å². The molecule has 1 unspecified atom stereocenters. The topological polar surface area (TPSA) is 24.5 Å². The highest BCUT2D eigenvalue weighted by Gasteiger charge is 2.17. The Morgan fingerprint density at radius 3 is 2.85 bits per heavy atom. The van der Waals surface area contributed by atoms with Gasteiger partial charge >= 0.3 is 0 Å². The molecule has 1 aliphatic heterocycles. The van der Waals surface area contributed by atoms with Crippen molar-refractivity contribution in [3.8, 4) is 5.75 Å². The minimum atomic E-state index is 0.680. The van der Waals surface area contributed by atoms with Gasteiger partial charge in [0.05, 0.1) is 0 Å². The quantitative estimate of drug-likeness (QED) is 0.835. The van der Waals surface area contributed by atoms with Crippen LogP contribution in [-0.4, -0.2) is 48.7 Å². The molecule has 3 nitrogen and oxygen atoms in total. The van der Waals surface area contributed by atoms with E-state index in [-0.39, 0.29) is 0 Å². The summed E-state index contributed by atoms with van der Waals surface area (Å²) >= 11 is 2.06. The molecule has 0 bridgehead atoms. The molecule has 1 heterocycles. The van der Waals surface area contributed by atoms with Crippen molar-refractivity contribution >= 4 is 11.8 Å². The average Bonchev–Trinajstić information content (AvgIpc) is 2.48. The number of thioether (sulfide) groups is 1. The third-order valence-electron chi connectivity index (χ3n) is 3.65. The molecule has 20 heavy (non-hydrogen) atoms. The molecule has 1 aromatic rings. The summed E-state index contributed by atoms with van der Waals surface area (Å²) in [5.41, 5.74) is 1.31. The van der Waals surface area contributed by atoms with Crippen molar-refractivity contribution in [1.29, 1.82) is 0 Å². The number of hydrogen-bond acceptors (Lipinski definition) is 4. The first kappa shape index (κ1) is 15.7. The maximum absolute atomic E-state index is 5.85. The molecule has 4 heteroatoms. The Morgan fingerprint density at radius 2 is 2.15 bits per heavy atom. The van der Waals surface area contributed by atoms with Gasteiger partial charge in [-0.25, -0.2) is 0 Å². The molecule has 0 radical (unpaired) electrons. The molecule has 0 saturated carbocycles. The van der Waals surface area contributed by atoms with Gasteiger partial charge in [0.1, 0.15) is 12.4 Å². The first-order chi connectivity index (χ1) is 9.79. The van der Waals surface area contributed by atoms with Crippen molar-refractivity contribution in [2.24, 2.45) is 0 Å². The highest BCUT2D eigenvalue weighted by Crippen LogP contribution is 2.16. The first-order valence-corrected chi connectivity index (χ1v) is 8.69. The van der Waals surface area contributed by atoms with Gasteiger partial charge in [-0.05, 0) is 31.2 Å². The van der Waals surface area contributed by atoms with E-state index in [1.807, 2.05) is 0 Å². The molecular formula is C16H26N2OS. The van der Waals surface area contributed by atoms with E-state index in [4.69, 9.17) is 4.74 Å². The minimum Gasteiger partial charge on any atom is -0.492 e. The van der Waals surface area contributed by atoms with E-state index >= 15 is 0 Å². The summed E-state index contributed by atoms with van der Waals surface area (Å²) in [5.74, 6) is 3.48. The van der Waals surface area contributed by atoms with E-state index in [0.29, 0.717) is 6.04 Å². The number of ether oxygens (including phenoxy) is 1. The van der Waals surface area contributed by atoms with Gasteiger partial charge < -0.3 is 10.1 Å². The van der Waals surface area contributed by atoms with Crippen LogP contribution in [0, 0.1) is 0 Å². The summed E-state index contributed by atoms with van der Waals surface area (Å²) in [6.45, 7) is 9.36. The summed E-state index contributed by atoms with van der Waals surface area (Å²) in [5, 5.41) is 3.33. The van der Waals surface area contributed by atoms with Crippen LogP contribution in [0.25, 0.3) is 0 Å². The monoisotopic (exact) mass is 294 g/mol. The molecule has 0 aromatic heterocycles. The van der Waals surface area contributed by atoms with Crippen molar-refractivity contribution in [2.75, 3.05) is 37.7 Å². The van der Waals surface area contributed by atoms with Gasteiger partial charge in [-0.3, -0.25) is 4.90 Å². The number of rotatable bonds is 7. The lowest BCUT2D eigenvalue weighted by atomic mass is 10.2. The Hall–Kier alpha value is -0.710. The summed E-state index contributed by atoms with van der Waals surface area (Å²) in [4.78, 5) is 2.52. The van der Waals surface area contributed by atoms with Gasteiger partial charge in [-0.15, -0.1) is 0 Å². The summed E-state index contributed by atoms with van der Waals surface area (Å²) in [6, 6.07) is 9.10. The third-order valence-corrected chi connectivity index (χ3v) is 4.84. The molecule has 1 saturated heterocycles. The second-order valence-electron chi connectivity index (χ2n) is 5.23. The van der Waals surface area contributed by atoms with Crippen LogP contribution < -0.4 is 10.1 Å². The first-order valence-electron chi connectivity index (χ1n) is 7.54. The SMILES string of the molecule is CCNCc1ccc(OCCN2CCSCC2C)cc1. The molecule has 1 aromatic carbocycles. The molecule has 112 valence electrons. The van der Waals surface area contributed by atoms with Crippen LogP contribution >= 0.6 is 11.8 Å². The van der Waals surface area contributed by atoms with Gasteiger partial charge in [0.2, 0.25) is 0 Å². The van der Waals surface area contributed by atoms with Gasteiger partial charge in [-0.2, -0.15) is 11.8 Å². The maximum atomic E-state index is 5.85. The third kappa shape index (κ3) is 5.00. The van der Waals surface area contributed by atoms with Gasteiger partial charge in [0, 0.05) is 37.2 Å². The smallest absolute Gasteiger partial charge is 0.119 e. The van der Waals surface area contributed by atoms with Crippen LogP contribution in [-0.2, 0) is 6.54 Å². The van der Waals surface area contributed by atoms with Crippen molar-refractivity contribution in [3.05, 3.63) is 29.8 Å². The van der Waals surface area contributed by atoms with E-state index < -0.39 is 0 Å². The molecule has 0 amide bonds. The zero-order chi connectivity index (χ0) is 14.2. The zero-order valence-corrected chi connectivity index (χ0v) is 13.4. The number of nitrogens with zero attached hydrogens (tertiary/aromatic N) is 1. The Morgan fingerprint density at radius 1 is 1.35 bits per heavy atom. The van der Waals surface area contributed by atoms with Crippen LogP contribution in [0.5, 0.6) is 5.75 Å². The summed E-state index contributed by atoms with van der Waals surface area (Å²) in [7, 11) is 0. The van der Waals surface area contributed by atoms with Crippen molar-refractivity contribution in [3.63, 3.8) is 0 Å². The Balaban J connectivity index is 1.70. The van der Waals surface area contributed by atoms with Gasteiger partial charge in [0.15, 0.2) is 0 Å². The van der Waals surface area contributed by atoms with Crippen molar-refractivity contribution in [1.82, 2.24) is 10.2 Å². The fourth-order valence-corrected chi connectivity index (χ4v) is 3.43. The fraction of sp³-hybridized carbons (Fsp3) is 0.625. The van der Waals surface area contributed by atoms with Gasteiger partial charge in [-0.1, -0.05) is 19.1 Å². The highest BCUT2D eigenvalue weighted by molar-refractivity contribution is 7.99. The number of benzene rings is 1. The molecule has 1 aliphatic rings. The van der Waals surface area contributed by atoms with Crippen LogP contribution in [0.1, 0.15) is 19.4 Å². The van der Waals surface area contributed by atoms with Crippen LogP contribution in [0.3, 0.4) is 0 Å². The normalized spacial score (nSPS) is 20.0. The lowest BCUT2D eigenvalue weighted by Gasteiger charge is -2.32. The molecule has 1 N–H and O–H groups in total. The lowest BCUT2D eigenvalue weighted by molar-refractivity contribution is 0.183. The molecule has 1 fully saturated rings. The fourth-order valence-electron chi connectivity index (χ4n) is 2.35. The predicted octanol–water partition coefficient (Wildman–Crippen LogP) is 2.61. The number of nitrogens with one attached hydrogen (secondary N) is 1. The maximum Gasteiger partial charge on any atom is 0.119 e. The summed E-state index contributed by atoms with van der Waals surface area (Å²) in [6.07, 6.45) is 0. The van der Waals surface area contributed by atoms with Gasteiger partial charge in [0.25, 0.3) is 0 Å². The zero-order valence-electron chi connectivity index (χ0n) is 12.6. The number of hydrogen-bond donors (Lipinski definition) is 1. The van der Waals surface area contributed by atoms with Crippen LogP contribution in [0.4, 0.5) is 0 Å². The second-order valence-corrected chi connectivity index (χ2v) is 6.38. The highest BCUT2D eigenvalue weighted by atomic mass is 32.2. The van der Waals surface area contributed by atoms with E-state index in [1.165, 1.54) is 23.6 Å². The van der Waals surface area contributed by atoms with E-state index in [9.17, 15) is 0 Å². The Kier molecular flexibility index (Phi) is 6.70. The predicted molar refractivity (Wildman–Crippen MR) is 87.7 cm³/mol. The van der Waals surface area contributed by atoms with Crippen molar-refractivity contribution < 1.29 is 4.74 Å². The Labute approximate surface area is 127 Å². The van der Waals surface area contributed by atoms with E-state index in [1.54, 1.807) is 0 Å². The largest absolute Gasteiger partial charge is 0.492 e. The second kappa shape index (κ2) is 8.55. The van der Waals surface area contributed by atoms with Crippen LogP contribution in [0.15, 0.2) is 24.3 Å². The summed E-state index contributed by atoms with van der Waals surface area (Å²) < 4.78 is 5.85. The van der Waals surface area contributed by atoms with Crippen molar-refractivity contribution in [2.45, 2.75) is 26.4 Å². The molecule has 0 aliphatic carbocycles. The molecule has 1 atom stereocenters. The Bertz CT molecular complexity index is 383. The standard InChI is InChI=1S/C16H26N2OS/c1-3-17-12-15-4-6-16(7-5-15)19-10-8-18-9-11-20-13-14(18)2/h4-7,14,17H,3,8-13H2,1-2H3. The molecule has 0 spiro atoms. The average molecular weight is 294 g/mol. The molecule has 2 rings (SSSR count). The lowest BCUT2D eigenvalue weighted by Crippen LogP contribution is -2.42. The van der Waals surface area contributed by atoms with Crippen LogP contribution in [0.2, 0.25) is 0 Å². The molecular weight excluding hydrogens is 268 g/mol.